The second-order valence-corrected chi connectivity index (χ2v) is 8.49. The lowest BCUT2D eigenvalue weighted by molar-refractivity contribution is -0.113. The number of hydrogen-bond donors (Lipinski definition) is 2. The minimum atomic E-state index is -0.302. The first kappa shape index (κ1) is 24.0. The maximum Gasteiger partial charge on any atom is 0.277 e. The smallest absolute Gasteiger partial charge is 0.277 e. The summed E-state index contributed by atoms with van der Waals surface area (Å²) >= 11 is 1.11. The fourth-order valence-corrected chi connectivity index (χ4v) is 3.96. The van der Waals surface area contributed by atoms with Crippen LogP contribution in [0.5, 0.6) is 5.75 Å². The fraction of sp³-hybridized carbons (Fsp3) is 0.154. The average molecular weight is 489 g/mol. The van der Waals surface area contributed by atoms with E-state index in [4.69, 9.17) is 9.15 Å². The predicted octanol–water partition coefficient (Wildman–Crippen LogP) is 4.97. The molecular weight excluding hydrogens is 464 g/mol. The van der Waals surface area contributed by atoms with Gasteiger partial charge in [0.05, 0.1) is 35.7 Å². The van der Waals surface area contributed by atoms with Crippen molar-refractivity contribution < 1.29 is 18.7 Å². The van der Waals surface area contributed by atoms with Crippen LogP contribution in [0.4, 0.5) is 5.69 Å². The number of thioether (sulfide) groups is 1. The van der Waals surface area contributed by atoms with Crippen LogP contribution in [0.3, 0.4) is 0 Å². The summed E-state index contributed by atoms with van der Waals surface area (Å²) in [6.07, 6.45) is 0. The summed E-state index contributed by atoms with van der Waals surface area (Å²) in [4.78, 5) is 25.5. The van der Waals surface area contributed by atoms with Crippen molar-refractivity contribution in [2.45, 2.75) is 18.2 Å². The van der Waals surface area contributed by atoms with Gasteiger partial charge in [-0.15, -0.1) is 10.2 Å². The summed E-state index contributed by atoms with van der Waals surface area (Å²) in [6, 6.07) is 23.7. The molecule has 4 rings (SSSR count). The molecule has 2 amide bonds. The Kier molecular flexibility index (Phi) is 7.79. The highest BCUT2D eigenvalue weighted by Crippen LogP contribution is 2.30. The normalized spacial score (nSPS) is 11.5. The first-order valence-electron chi connectivity index (χ1n) is 10.9. The second kappa shape index (κ2) is 11.3. The average Bonchev–Trinajstić information content (AvgIpc) is 3.37. The summed E-state index contributed by atoms with van der Waals surface area (Å²) < 4.78 is 11.0. The first-order valence-corrected chi connectivity index (χ1v) is 11.9. The first-order chi connectivity index (χ1) is 17.0. The van der Waals surface area contributed by atoms with E-state index < -0.39 is 0 Å². The van der Waals surface area contributed by atoms with Gasteiger partial charge in [0.2, 0.25) is 5.91 Å². The van der Waals surface area contributed by atoms with E-state index in [9.17, 15) is 9.59 Å². The third-order valence-corrected chi connectivity index (χ3v) is 5.98. The Hall–Kier alpha value is -4.11. The predicted molar refractivity (Wildman–Crippen MR) is 134 cm³/mol. The van der Waals surface area contributed by atoms with Crippen molar-refractivity contribution >= 4 is 29.3 Å². The van der Waals surface area contributed by atoms with Gasteiger partial charge in [0.25, 0.3) is 17.0 Å². The molecule has 9 heteroatoms. The minimum Gasteiger partial charge on any atom is -0.496 e. The number of ether oxygens (including phenoxy) is 1. The molecule has 3 aromatic carbocycles. The lowest BCUT2D eigenvalue weighted by atomic mass is 10.1. The van der Waals surface area contributed by atoms with Crippen LogP contribution >= 0.6 is 11.8 Å². The number of aromatic nitrogens is 2. The van der Waals surface area contributed by atoms with Crippen molar-refractivity contribution in [3.8, 4) is 17.2 Å². The molecular formula is C26H24N4O4S. The highest BCUT2D eigenvalue weighted by Gasteiger charge is 2.18. The van der Waals surface area contributed by atoms with E-state index in [1.165, 1.54) is 0 Å². The Bertz CT molecular complexity index is 1310. The van der Waals surface area contributed by atoms with Gasteiger partial charge >= 0.3 is 0 Å². The Balaban J connectivity index is 1.37. The third-order valence-electron chi connectivity index (χ3n) is 5.16. The topological polar surface area (TPSA) is 106 Å². The number of carbonyl (C=O) groups excluding carboxylic acids is 2. The molecule has 0 aliphatic rings. The molecule has 0 fully saturated rings. The van der Waals surface area contributed by atoms with Gasteiger partial charge in [-0.05, 0) is 36.8 Å². The molecule has 1 atom stereocenters. The molecule has 0 saturated heterocycles. The van der Waals surface area contributed by atoms with Gasteiger partial charge in [-0.3, -0.25) is 9.59 Å². The van der Waals surface area contributed by atoms with Crippen LogP contribution in [-0.4, -0.2) is 34.9 Å². The van der Waals surface area contributed by atoms with Crippen molar-refractivity contribution in [3.63, 3.8) is 0 Å². The van der Waals surface area contributed by atoms with Crippen molar-refractivity contribution in [2.75, 3.05) is 18.2 Å². The van der Waals surface area contributed by atoms with E-state index >= 15 is 0 Å². The Morgan fingerprint density at radius 3 is 2.49 bits per heavy atom. The number of nitrogens with one attached hydrogen (secondary N) is 2. The monoisotopic (exact) mass is 488 g/mol. The maximum atomic E-state index is 12.9. The molecule has 0 saturated carbocycles. The number of methoxy groups -OCH3 is 1. The number of para-hydroxylation sites is 2. The summed E-state index contributed by atoms with van der Waals surface area (Å²) in [5.41, 5.74) is 2.47. The van der Waals surface area contributed by atoms with Crippen LogP contribution in [0.2, 0.25) is 0 Å². The molecule has 0 unspecified atom stereocenters. The van der Waals surface area contributed by atoms with E-state index in [1.54, 1.807) is 37.4 Å². The van der Waals surface area contributed by atoms with Crippen molar-refractivity contribution in [3.05, 3.63) is 90.0 Å². The van der Waals surface area contributed by atoms with E-state index in [2.05, 4.69) is 20.8 Å². The molecule has 4 aromatic rings. The minimum absolute atomic E-state index is 0.0317. The molecule has 0 aliphatic carbocycles. The Morgan fingerprint density at radius 1 is 0.971 bits per heavy atom. The zero-order chi connectivity index (χ0) is 24.6. The summed E-state index contributed by atoms with van der Waals surface area (Å²) in [5.74, 6) is 0.373. The summed E-state index contributed by atoms with van der Waals surface area (Å²) in [5, 5.41) is 14.1. The summed E-state index contributed by atoms with van der Waals surface area (Å²) in [6.45, 7) is 1.91. The van der Waals surface area contributed by atoms with Crippen molar-refractivity contribution in [2.24, 2.45) is 0 Å². The van der Waals surface area contributed by atoms with Gasteiger partial charge in [0.1, 0.15) is 5.75 Å². The van der Waals surface area contributed by atoms with Gasteiger partial charge in [-0.25, -0.2) is 0 Å². The number of hydrogen-bond acceptors (Lipinski definition) is 7. The molecule has 1 heterocycles. The summed E-state index contributed by atoms with van der Waals surface area (Å²) in [7, 11) is 1.57. The number of carbonyl (C=O) groups is 2. The van der Waals surface area contributed by atoms with Gasteiger partial charge < -0.3 is 19.8 Å². The standard InChI is InChI=1S/C26H24N4O4S/c1-17(18-10-4-3-5-11-18)27-24(32)19-12-6-8-14-21(19)28-23(31)16-35-26-30-29-25(34-26)20-13-7-9-15-22(20)33-2/h3-15,17H,16H2,1-2H3,(H,27,32)(H,28,31)/t17-/m0/s1. The van der Waals surface area contributed by atoms with Crippen LogP contribution in [-0.2, 0) is 4.79 Å². The molecule has 2 N–H and O–H groups in total. The van der Waals surface area contributed by atoms with Crippen molar-refractivity contribution in [1.82, 2.24) is 15.5 Å². The SMILES string of the molecule is COc1ccccc1-c1nnc(SCC(=O)Nc2ccccc2C(=O)N[C@@H](C)c2ccccc2)o1. The molecule has 35 heavy (non-hydrogen) atoms. The van der Waals surface area contributed by atoms with Crippen LogP contribution in [0.25, 0.3) is 11.5 Å². The van der Waals surface area contributed by atoms with Crippen LogP contribution < -0.4 is 15.4 Å². The van der Waals surface area contributed by atoms with Gasteiger partial charge in [0.15, 0.2) is 0 Å². The zero-order valence-corrected chi connectivity index (χ0v) is 20.0. The van der Waals surface area contributed by atoms with Crippen LogP contribution in [0, 0.1) is 0 Å². The fourth-order valence-electron chi connectivity index (χ4n) is 3.40. The number of amides is 2. The highest BCUT2D eigenvalue weighted by atomic mass is 32.2. The van der Waals surface area contributed by atoms with Crippen molar-refractivity contribution in [1.29, 1.82) is 0 Å². The molecule has 1 aromatic heterocycles. The molecule has 0 spiro atoms. The highest BCUT2D eigenvalue weighted by molar-refractivity contribution is 7.99. The quantitative estimate of drug-likeness (QED) is 0.321. The van der Waals surface area contributed by atoms with Gasteiger partial charge in [0, 0.05) is 0 Å². The van der Waals surface area contributed by atoms with Gasteiger partial charge in [-0.2, -0.15) is 0 Å². The van der Waals surface area contributed by atoms with Gasteiger partial charge in [-0.1, -0.05) is 66.4 Å². The van der Waals surface area contributed by atoms with E-state index in [-0.39, 0.29) is 28.8 Å². The number of anilines is 1. The second-order valence-electron chi connectivity index (χ2n) is 7.56. The van der Waals surface area contributed by atoms with E-state index in [0.717, 1.165) is 17.3 Å². The molecule has 178 valence electrons. The van der Waals surface area contributed by atoms with Crippen LogP contribution in [0.15, 0.2) is 88.5 Å². The maximum absolute atomic E-state index is 12.9. The molecule has 0 radical (unpaired) electrons. The van der Waals surface area contributed by atoms with E-state index in [1.807, 2.05) is 55.5 Å². The van der Waals surface area contributed by atoms with Crippen LogP contribution in [0.1, 0.15) is 28.9 Å². The Morgan fingerprint density at radius 2 is 1.69 bits per heavy atom. The molecule has 8 nitrogen and oxygen atoms in total. The lowest BCUT2D eigenvalue weighted by Gasteiger charge is -2.16. The molecule has 0 bridgehead atoms. The Labute approximate surface area is 207 Å². The lowest BCUT2D eigenvalue weighted by Crippen LogP contribution is -2.28. The number of nitrogens with zero attached hydrogens (tertiary/aromatic N) is 2. The molecule has 0 aliphatic heterocycles. The zero-order valence-electron chi connectivity index (χ0n) is 19.2. The third kappa shape index (κ3) is 6.07. The number of rotatable bonds is 9. The largest absolute Gasteiger partial charge is 0.496 e. The van der Waals surface area contributed by atoms with E-state index in [0.29, 0.717) is 28.5 Å². The number of benzene rings is 3.